The van der Waals surface area contributed by atoms with Crippen LogP contribution in [0.25, 0.3) is 31.8 Å². The topological polar surface area (TPSA) is 58.9 Å². The first-order valence-corrected chi connectivity index (χ1v) is 8.17. The summed E-state index contributed by atoms with van der Waals surface area (Å²) in [5.41, 5.74) is 1.69. The molecule has 0 bridgehead atoms. The van der Waals surface area contributed by atoms with E-state index in [2.05, 4.69) is 15.0 Å². The smallest absolute Gasteiger partial charge is 0.223 e. The first kappa shape index (κ1) is 15.0. The van der Waals surface area contributed by atoms with Gasteiger partial charge in [-0.1, -0.05) is 18.2 Å². The second-order valence-electron chi connectivity index (χ2n) is 5.06. The van der Waals surface area contributed by atoms with Crippen molar-refractivity contribution in [2.75, 3.05) is 0 Å². The number of nitrogens with zero attached hydrogens (tertiary/aromatic N) is 3. The molecule has 1 N–H and O–H groups in total. The van der Waals surface area contributed by atoms with E-state index in [9.17, 15) is 9.50 Å². The predicted octanol–water partition coefficient (Wildman–Crippen LogP) is 4.92. The monoisotopic (exact) mass is 357 g/mol. The molecule has 0 radical (unpaired) electrons. The van der Waals surface area contributed by atoms with Crippen LogP contribution in [0.4, 0.5) is 4.39 Å². The van der Waals surface area contributed by atoms with E-state index in [1.54, 1.807) is 12.3 Å². The van der Waals surface area contributed by atoms with Crippen molar-refractivity contribution in [3.63, 3.8) is 0 Å². The van der Waals surface area contributed by atoms with Crippen molar-refractivity contribution < 1.29 is 9.50 Å². The normalized spacial score (nSPS) is 11.1. The van der Waals surface area contributed by atoms with Gasteiger partial charge < -0.3 is 5.11 Å². The number of pyridine rings is 1. The van der Waals surface area contributed by atoms with Gasteiger partial charge in [-0.05, 0) is 29.1 Å². The quantitative estimate of drug-likeness (QED) is 0.517. The number of aromatic nitrogens is 3. The minimum absolute atomic E-state index is 0.00384. The summed E-state index contributed by atoms with van der Waals surface area (Å²) in [6.07, 6.45) is 4.07. The number of aromatic hydroxyl groups is 1. The predicted molar refractivity (Wildman–Crippen MR) is 92.7 cm³/mol. The molecule has 3 aromatic heterocycles. The fraction of sp³-hybridized carbons (Fsp3) is 0. The molecule has 0 unspecified atom stereocenters. The molecule has 1 aromatic carbocycles. The molecular weight excluding hydrogens is 349 g/mol. The summed E-state index contributed by atoms with van der Waals surface area (Å²) in [7, 11) is 0. The lowest BCUT2D eigenvalue weighted by atomic mass is 10.0. The fourth-order valence-electron chi connectivity index (χ4n) is 2.52. The number of fused-ring (bicyclic) bond motifs is 1. The molecule has 0 aliphatic carbocycles. The minimum atomic E-state index is -0.528. The molecule has 24 heavy (non-hydrogen) atoms. The van der Waals surface area contributed by atoms with Crippen molar-refractivity contribution in [2.24, 2.45) is 0 Å². The van der Waals surface area contributed by atoms with Crippen LogP contribution >= 0.6 is 22.9 Å². The lowest BCUT2D eigenvalue weighted by molar-refractivity contribution is 0.475. The average molecular weight is 358 g/mol. The van der Waals surface area contributed by atoms with Crippen molar-refractivity contribution in [1.82, 2.24) is 15.0 Å². The summed E-state index contributed by atoms with van der Waals surface area (Å²) in [5.74, 6) is -0.435. The maximum atomic E-state index is 14.0. The first-order chi connectivity index (χ1) is 11.6. The molecule has 0 fully saturated rings. The van der Waals surface area contributed by atoms with Crippen LogP contribution in [-0.2, 0) is 0 Å². The molecule has 0 aliphatic rings. The highest BCUT2D eigenvalue weighted by Crippen LogP contribution is 2.41. The van der Waals surface area contributed by atoms with Crippen LogP contribution in [-0.4, -0.2) is 20.1 Å². The third kappa shape index (κ3) is 2.50. The van der Waals surface area contributed by atoms with Gasteiger partial charge in [-0.25, -0.2) is 14.4 Å². The summed E-state index contributed by atoms with van der Waals surface area (Å²) < 4.78 is 15.0. The Morgan fingerprint density at radius 2 is 2.00 bits per heavy atom. The lowest BCUT2D eigenvalue weighted by Crippen LogP contribution is -1.90. The number of hydrogen-bond donors (Lipinski definition) is 1. The van der Waals surface area contributed by atoms with E-state index in [1.165, 1.54) is 17.5 Å². The highest BCUT2D eigenvalue weighted by Gasteiger charge is 2.15. The van der Waals surface area contributed by atoms with Crippen molar-refractivity contribution in [3.8, 4) is 27.4 Å². The number of halogens is 2. The van der Waals surface area contributed by atoms with Gasteiger partial charge in [0, 0.05) is 22.0 Å². The van der Waals surface area contributed by atoms with Crippen molar-refractivity contribution in [3.05, 3.63) is 60.0 Å². The molecule has 118 valence electrons. The van der Waals surface area contributed by atoms with Gasteiger partial charge in [0.05, 0.1) is 17.3 Å². The van der Waals surface area contributed by atoms with Crippen molar-refractivity contribution in [2.45, 2.75) is 0 Å². The van der Waals surface area contributed by atoms with E-state index in [1.807, 2.05) is 24.3 Å². The molecular formula is C17H9ClFN3OS. The standard InChI is InChI=1S/C17H9ClFN3OS/c18-17-21-7-12(19)15(22-17)14-6-9-2-1-3-11(16(9)24-14)10-4-5-20-8-13(10)23/h1-8,23H. The molecule has 0 aliphatic heterocycles. The number of rotatable bonds is 2. The van der Waals surface area contributed by atoms with Crippen LogP contribution < -0.4 is 0 Å². The average Bonchev–Trinajstić information content (AvgIpc) is 3.01. The zero-order chi connectivity index (χ0) is 16.7. The maximum Gasteiger partial charge on any atom is 0.223 e. The summed E-state index contributed by atoms with van der Waals surface area (Å²) in [6.45, 7) is 0. The van der Waals surface area contributed by atoms with Crippen LogP contribution in [0.1, 0.15) is 0 Å². The largest absolute Gasteiger partial charge is 0.506 e. The molecule has 0 saturated heterocycles. The lowest BCUT2D eigenvalue weighted by Gasteiger charge is -2.05. The zero-order valence-corrected chi connectivity index (χ0v) is 13.6. The van der Waals surface area contributed by atoms with Crippen LogP contribution in [0, 0.1) is 5.82 Å². The van der Waals surface area contributed by atoms with E-state index in [4.69, 9.17) is 11.6 Å². The highest BCUT2D eigenvalue weighted by atomic mass is 35.5. The highest BCUT2D eigenvalue weighted by molar-refractivity contribution is 7.22. The van der Waals surface area contributed by atoms with Crippen LogP contribution in [0.15, 0.2) is 48.9 Å². The van der Waals surface area contributed by atoms with Crippen LogP contribution in [0.3, 0.4) is 0 Å². The second kappa shape index (κ2) is 5.81. The molecule has 0 saturated carbocycles. The van der Waals surface area contributed by atoms with Crippen molar-refractivity contribution in [1.29, 1.82) is 0 Å². The molecule has 3 heterocycles. The first-order valence-electron chi connectivity index (χ1n) is 6.98. The van der Waals surface area contributed by atoms with Gasteiger partial charge in [0.2, 0.25) is 5.28 Å². The maximum absolute atomic E-state index is 14.0. The molecule has 4 rings (SSSR count). The Hall–Kier alpha value is -2.57. The molecule has 0 atom stereocenters. The molecule has 7 heteroatoms. The molecule has 4 aromatic rings. The Morgan fingerprint density at radius 1 is 1.12 bits per heavy atom. The van der Waals surface area contributed by atoms with E-state index < -0.39 is 5.82 Å². The van der Waals surface area contributed by atoms with Gasteiger partial charge in [0.1, 0.15) is 11.4 Å². The van der Waals surface area contributed by atoms with Crippen LogP contribution in [0.2, 0.25) is 5.28 Å². The SMILES string of the molecule is Oc1cnccc1-c1cccc2cc(-c3nc(Cl)ncc3F)sc12. The number of benzene rings is 1. The molecule has 0 spiro atoms. The zero-order valence-electron chi connectivity index (χ0n) is 12.1. The van der Waals surface area contributed by atoms with Gasteiger partial charge in [0.15, 0.2) is 5.82 Å². The summed E-state index contributed by atoms with van der Waals surface area (Å²) in [5, 5.41) is 11.0. The third-order valence-electron chi connectivity index (χ3n) is 3.58. The fourth-order valence-corrected chi connectivity index (χ4v) is 3.84. The molecule has 0 amide bonds. The van der Waals surface area contributed by atoms with Gasteiger partial charge in [-0.2, -0.15) is 0 Å². The summed E-state index contributed by atoms with van der Waals surface area (Å²) >= 11 is 7.17. The van der Waals surface area contributed by atoms with E-state index in [0.717, 1.165) is 21.8 Å². The van der Waals surface area contributed by atoms with Gasteiger partial charge in [-0.15, -0.1) is 11.3 Å². The third-order valence-corrected chi connectivity index (χ3v) is 4.96. The minimum Gasteiger partial charge on any atom is -0.506 e. The Kier molecular flexibility index (Phi) is 3.63. The number of hydrogen-bond acceptors (Lipinski definition) is 5. The van der Waals surface area contributed by atoms with E-state index in [0.29, 0.717) is 10.4 Å². The Labute approximate surface area is 145 Å². The second-order valence-corrected chi connectivity index (χ2v) is 6.45. The summed E-state index contributed by atoms with van der Waals surface area (Å²) in [4.78, 5) is 12.2. The number of thiophene rings is 1. The Bertz CT molecular complexity index is 1070. The van der Waals surface area contributed by atoms with Crippen molar-refractivity contribution >= 4 is 33.0 Å². The molecule has 4 nitrogen and oxygen atoms in total. The van der Waals surface area contributed by atoms with E-state index in [-0.39, 0.29) is 16.7 Å². The van der Waals surface area contributed by atoms with E-state index >= 15 is 0 Å². The van der Waals surface area contributed by atoms with Gasteiger partial charge in [0.25, 0.3) is 0 Å². The Balaban J connectivity index is 1.95. The summed E-state index contributed by atoms with van der Waals surface area (Å²) in [6, 6.07) is 9.31. The Morgan fingerprint density at radius 3 is 2.83 bits per heavy atom. The van der Waals surface area contributed by atoms with Crippen LogP contribution in [0.5, 0.6) is 5.75 Å². The van der Waals surface area contributed by atoms with Gasteiger partial charge in [-0.3, -0.25) is 4.98 Å². The van der Waals surface area contributed by atoms with Gasteiger partial charge >= 0.3 is 0 Å².